The first-order chi connectivity index (χ1) is 14.2. The van der Waals surface area contributed by atoms with E-state index in [-0.39, 0.29) is 17.6 Å². The van der Waals surface area contributed by atoms with Crippen LogP contribution in [0.1, 0.15) is 57.8 Å². The van der Waals surface area contributed by atoms with E-state index >= 15 is 0 Å². The average Bonchev–Trinajstić information content (AvgIpc) is 2.90. The summed E-state index contributed by atoms with van der Waals surface area (Å²) in [7, 11) is 1.66. The lowest BCUT2D eigenvalue weighted by molar-refractivity contribution is -0.118. The van der Waals surface area contributed by atoms with Gasteiger partial charge >= 0.3 is 0 Å². The second-order valence-electron chi connectivity index (χ2n) is 7.78. The summed E-state index contributed by atoms with van der Waals surface area (Å²) >= 11 is 5.97. The minimum absolute atomic E-state index is 0.178. The number of carbonyl (C=O) groups excluding carboxylic acids is 3. The van der Waals surface area contributed by atoms with E-state index in [4.69, 9.17) is 11.6 Å². The third-order valence-corrected chi connectivity index (χ3v) is 5.88. The molecule has 1 aliphatic rings. The predicted molar refractivity (Wildman–Crippen MR) is 115 cm³/mol. The Kier molecular flexibility index (Phi) is 6.63. The van der Waals surface area contributed by atoms with Crippen molar-refractivity contribution in [2.75, 3.05) is 5.32 Å². The number of amides is 2. The van der Waals surface area contributed by atoms with Crippen LogP contribution in [0.15, 0.2) is 24.3 Å². The minimum atomic E-state index is -0.723. The summed E-state index contributed by atoms with van der Waals surface area (Å²) < 4.78 is 1.57. The summed E-state index contributed by atoms with van der Waals surface area (Å²) in [5.74, 6) is -1.79. The predicted octanol–water partition coefficient (Wildman–Crippen LogP) is 3.15. The van der Waals surface area contributed by atoms with Gasteiger partial charge in [0.15, 0.2) is 0 Å². The molecule has 2 amide bonds. The van der Waals surface area contributed by atoms with Gasteiger partial charge in [-0.15, -0.1) is 0 Å². The minimum Gasteiger partial charge on any atom is -0.393 e. The summed E-state index contributed by atoms with van der Waals surface area (Å²) in [6.07, 6.45) is 2.23. The van der Waals surface area contributed by atoms with Crippen molar-refractivity contribution in [3.05, 3.63) is 51.8 Å². The zero-order chi connectivity index (χ0) is 22.0. The molecule has 2 atom stereocenters. The molecule has 1 fully saturated rings. The van der Waals surface area contributed by atoms with Crippen LogP contribution in [0, 0.1) is 13.8 Å². The summed E-state index contributed by atoms with van der Waals surface area (Å²) in [6.45, 7) is 3.39. The lowest BCUT2D eigenvalue weighted by Crippen LogP contribution is -2.43. The van der Waals surface area contributed by atoms with Gasteiger partial charge in [0, 0.05) is 29.5 Å². The molecule has 1 aromatic carbocycles. The van der Waals surface area contributed by atoms with Gasteiger partial charge in [-0.05, 0) is 63.3 Å². The van der Waals surface area contributed by atoms with Crippen LogP contribution in [0.2, 0.25) is 5.02 Å². The highest BCUT2D eigenvalue weighted by molar-refractivity contribution is 6.43. The number of hydrogen-bond donors (Lipinski definition) is 3. The molecule has 0 aliphatic heterocycles. The largest absolute Gasteiger partial charge is 0.393 e. The maximum absolute atomic E-state index is 12.9. The molecular weight excluding hydrogens is 406 g/mol. The fourth-order valence-electron chi connectivity index (χ4n) is 4.05. The Balaban J connectivity index is 1.81. The number of carbonyl (C=O) groups is 3. The van der Waals surface area contributed by atoms with Crippen LogP contribution in [-0.2, 0) is 11.8 Å². The van der Waals surface area contributed by atoms with E-state index in [2.05, 4.69) is 10.6 Å². The maximum atomic E-state index is 12.9. The number of anilines is 1. The Bertz CT molecular complexity index is 999. The van der Waals surface area contributed by atoms with Gasteiger partial charge in [0.1, 0.15) is 0 Å². The number of rotatable bonds is 5. The lowest BCUT2D eigenvalue weighted by Gasteiger charge is -2.26. The highest BCUT2D eigenvalue weighted by Crippen LogP contribution is 2.24. The van der Waals surface area contributed by atoms with Crippen molar-refractivity contribution < 1.29 is 19.5 Å². The van der Waals surface area contributed by atoms with Crippen molar-refractivity contribution in [1.82, 2.24) is 9.88 Å². The molecule has 2 aromatic rings. The smallest absolute Gasteiger partial charge is 0.294 e. The van der Waals surface area contributed by atoms with Gasteiger partial charge in [0.2, 0.25) is 0 Å². The van der Waals surface area contributed by atoms with Gasteiger partial charge in [-0.1, -0.05) is 17.7 Å². The number of aliphatic hydroxyl groups excluding tert-OH is 1. The number of aliphatic hydroxyl groups is 1. The molecule has 1 saturated carbocycles. The number of aromatic nitrogens is 1. The summed E-state index contributed by atoms with van der Waals surface area (Å²) in [5, 5.41) is 15.8. The first kappa shape index (κ1) is 22.1. The number of hydrogen-bond acceptors (Lipinski definition) is 4. The summed E-state index contributed by atoms with van der Waals surface area (Å²) in [5.41, 5.74) is 2.09. The van der Waals surface area contributed by atoms with Crippen LogP contribution in [-0.4, -0.2) is 39.4 Å². The summed E-state index contributed by atoms with van der Waals surface area (Å²) in [6, 6.07) is 6.55. The number of halogens is 1. The molecular formula is C22H26ClN3O4. The van der Waals surface area contributed by atoms with E-state index < -0.39 is 17.8 Å². The highest BCUT2D eigenvalue weighted by atomic mass is 35.5. The van der Waals surface area contributed by atoms with Crippen LogP contribution < -0.4 is 10.6 Å². The molecule has 3 N–H and O–H groups in total. The second kappa shape index (κ2) is 9.02. The topological polar surface area (TPSA) is 100 Å². The molecule has 1 aliphatic carbocycles. The highest BCUT2D eigenvalue weighted by Gasteiger charge is 2.30. The van der Waals surface area contributed by atoms with Crippen LogP contribution in [0.5, 0.6) is 0 Å². The standard InChI is InChI=1S/C22H26ClN3O4/c1-12-18(21(29)24-15-7-4-6-14(23)10-15)13(2)26(3)19(12)20(28)22(30)25-16-8-5-9-17(27)11-16/h4,6-7,10,16-17,27H,5,8-9,11H2,1-3H3,(H,24,29)(H,25,30)/t16-,17-/m1/s1. The van der Waals surface area contributed by atoms with Crippen molar-refractivity contribution >= 4 is 34.9 Å². The van der Waals surface area contributed by atoms with E-state index in [1.54, 1.807) is 49.7 Å². The monoisotopic (exact) mass is 431 g/mol. The lowest BCUT2D eigenvalue weighted by atomic mass is 9.93. The van der Waals surface area contributed by atoms with E-state index in [1.165, 1.54) is 0 Å². The second-order valence-corrected chi connectivity index (χ2v) is 8.21. The third-order valence-electron chi connectivity index (χ3n) is 5.64. The zero-order valence-electron chi connectivity index (χ0n) is 17.3. The molecule has 7 nitrogen and oxygen atoms in total. The average molecular weight is 432 g/mol. The van der Waals surface area contributed by atoms with Crippen molar-refractivity contribution in [2.24, 2.45) is 7.05 Å². The SMILES string of the molecule is Cc1c(C(=O)Nc2cccc(Cl)c2)c(C)n(C)c1C(=O)C(=O)N[C@@H]1CCC[C@@H](O)C1. The maximum Gasteiger partial charge on any atom is 0.294 e. The Morgan fingerprint density at radius 1 is 1.20 bits per heavy atom. The number of Topliss-reactive ketones (excluding diaryl/α,β-unsaturated/α-hetero) is 1. The normalized spacial score (nSPS) is 18.7. The molecule has 0 spiro atoms. The van der Waals surface area contributed by atoms with Crippen LogP contribution in [0.3, 0.4) is 0 Å². The van der Waals surface area contributed by atoms with Gasteiger partial charge < -0.3 is 20.3 Å². The van der Waals surface area contributed by atoms with Crippen molar-refractivity contribution in [2.45, 2.75) is 51.7 Å². The first-order valence-corrected chi connectivity index (χ1v) is 10.3. The molecule has 0 unspecified atom stereocenters. The zero-order valence-corrected chi connectivity index (χ0v) is 18.0. The Labute approximate surface area is 180 Å². The number of ketones is 1. The molecule has 0 saturated heterocycles. The fraction of sp³-hybridized carbons (Fsp3) is 0.409. The van der Waals surface area contributed by atoms with Crippen molar-refractivity contribution in [3.8, 4) is 0 Å². The molecule has 0 bridgehead atoms. The Morgan fingerprint density at radius 3 is 2.60 bits per heavy atom. The van der Waals surface area contributed by atoms with Crippen molar-refractivity contribution in [1.29, 1.82) is 0 Å². The van der Waals surface area contributed by atoms with Gasteiger partial charge in [0.05, 0.1) is 17.4 Å². The van der Waals surface area contributed by atoms with Crippen LogP contribution in [0.25, 0.3) is 0 Å². The van der Waals surface area contributed by atoms with E-state index in [1.807, 2.05) is 0 Å². The Morgan fingerprint density at radius 2 is 1.93 bits per heavy atom. The Hall–Kier alpha value is -2.64. The number of nitrogens with one attached hydrogen (secondary N) is 2. The number of benzene rings is 1. The molecule has 1 heterocycles. The molecule has 30 heavy (non-hydrogen) atoms. The van der Waals surface area contributed by atoms with Gasteiger partial charge in [0.25, 0.3) is 17.6 Å². The third kappa shape index (κ3) is 4.57. The quantitative estimate of drug-likeness (QED) is 0.500. The van der Waals surface area contributed by atoms with Gasteiger partial charge in [-0.2, -0.15) is 0 Å². The number of nitrogens with zero attached hydrogens (tertiary/aromatic N) is 1. The molecule has 0 radical (unpaired) electrons. The molecule has 8 heteroatoms. The summed E-state index contributed by atoms with van der Waals surface area (Å²) in [4.78, 5) is 38.3. The fourth-order valence-corrected chi connectivity index (χ4v) is 4.24. The molecule has 160 valence electrons. The molecule has 3 rings (SSSR count). The van der Waals surface area contributed by atoms with Gasteiger partial charge in [-0.3, -0.25) is 14.4 Å². The van der Waals surface area contributed by atoms with E-state index in [0.29, 0.717) is 40.4 Å². The van der Waals surface area contributed by atoms with Gasteiger partial charge in [-0.25, -0.2) is 0 Å². The van der Waals surface area contributed by atoms with Crippen LogP contribution in [0.4, 0.5) is 5.69 Å². The van der Waals surface area contributed by atoms with Crippen LogP contribution >= 0.6 is 11.6 Å². The first-order valence-electron chi connectivity index (χ1n) is 9.95. The van der Waals surface area contributed by atoms with E-state index in [0.717, 1.165) is 12.8 Å². The van der Waals surface area contributed by atoms with E-state index in [9.17, 15) is 19.5 Å². The molecule has 1 aromatic heterocycles. The van der Waals surface area contributed by atoms with Crippen molar-refractivity contribution in [3.63, 3.8) is 0 Å².